The highest BCUT2D eigenvalue weighted by atomic mass is 35.5. The van der Waals surface area contributed by atoms with Gasteiger partial charge in [0.05, 0.1) is 19.8 Å². The first kappa shape index (κ1) is 24.6. The molecule has 0 aromatic heterocycles. The number of piperidine rings is 1. The summed E-state index contributed by atoms with van der Waals surface area (Å²) in [5.74, 6) is 3.00. The predicted molar refractivity (Wildman–Crippen MR) is 117 cm³/mol. The molecule has 3 atom stereocenters. The maximum atomic E-state index is 12.5. The highest BCUT2D eigenvalue weighted by molar-refractivity contribution is 5.85. The highest BCUT2D eigenvalue weighted by Crippen LogP contribution is 2.31. The van der Waals surface area contributed by atoms with Gasteiger partial charge in [0.15, 0.2) is 11.5 Å². The summed E-state index contributed by atoms with van der Waals surface area (Å²) >= 11 is 0. The number of methoxy groups -OCH3 is 1. The molecule has 0 spiro atoms. The summed E-state index contributed by atoms with van der Waals surface area (Å²) in [7, 11) is 1.64. The third-order valence-corrected chi connectivity index (χ3v) is 5.28. The van der Waals surface area contributed by atoms with Crippen molar-refractivity contribution < 1.29 is 14.3 Å². The van der Waals surface area contributed by atoms with Crippen molar-refractivity contribution in [1.29, 1.82) is 0 Å². The number of hydrogen-bond acceptors (Lipinski definition) is 4. The van der Waals surface area contributed by atoms with Gasteiger partial charge in [0.1, 0.15) is 0 Å². The van der Waals surface area contributed by atoms with Crippen molar-refractivity contribution >= 4 is 18.3 Å². The van der Waals surface area contributed by atoms with E-state index in [9.17, 15) is 4.79 Å². The second-order valence-corrected chi connectivity index (χ2v) is 8.19. The Kier molecular flexibility index (Phi) is 10.7. The van der Waals surface area contributed by atoms with Crippen LogP contribution in [-0.2, 0) is 4.79 Å². The molecule has 1 saturated heterocycles. The van der Waals surface area contributed by atoms with Gasteiger partial charge >= 0.3 is 0 Å². The van der Waals surface area contributed by atoms with E-state index >= 15 is 0 Å². The minimum Gasteiger partial charge on any atom is -0.493 e. The van der Waals surface area contributed by atoms with Gasteiger partial charge in [-0.25, -0.2) is 0 Å². The van der Waals surface area contributed by atoms with Gasteiger partial charge in [-0.2, -0.15) is 0 Å². The third kappa shape index (κ3) is 7.51. The van der Waals surface area contributed by atoms with Crippen LogP contribution in [0.1, 0.15) is 58.6 Å². The van der Waals surface area contributed by atoms with E-state index in [0.29, 0.717) is 36.5 Å². The molecule has 0 saturated carbocycles. The zero-order valence-electron chi connectivity index (χ0n) is 17.9. The molecule has 0 bridgehead atoms. The van der Waals surface area contributed by atoms with Crippen LogP contribution in [0.4, 0.5) is 0 Å². The van der Waals surface area contributed by atoms with Crippen molar-refractivity contribution in [2.24, 2.45) is 17.8 Å². The first-order chi connectivity index (χ1) is 12.9. The first-order valence-corrected chi connectivity index (χ1v) is 10.2. The Morgan fingerprint density at radius 3 is 2.61 bits per heavy atom. The van der Waals surface area contributed by atoms with Gasteiger partial charge < -0.3 is 20.1 Å². The number of carbonyl (C=O) groups is 1. The standard InChI is InChI=1S/C22H36N2O3.ClH/c1-15(2)14-27-20-9-8-18(12-21(20)26-5)17(4)24-22(25)11-16(3)19-7-6-10-23-13-19;/h8-9,12,15-17,19,23H,6-7,10-11,13-14H2,1-5H3,(H,24,25);1H. The van der Waals surface area contributed by atoms with Crippen LogP contribution in [0.25, 0.3) is 0 Å². The van der Waals surface area contributed by atoms with E-state index < -0.39 is 0 Å². The maximum absolute atomic E-state index is 12.5. The van der Waals surface area contributed by atoms with Crippen LogP contribution in [0.3, 0.4) is 0 Å². The summed E-state index contributed by atoms with van der Waals surface area (Å²) in [5.41, 5.74) is 1.02. The largest absolute Gasteiger partial charge is 0.493 e. The van der Waals surface area contributed by atoms with Gasteiger partial charge in [-0.15, -0.1) is 12.4 Å². The van der Waals surface area contributed by atoms with Crippen LogP contribution in [0, 0.1) is 17.8 Å². The lowest BCUT2D eigenvalue weighted by atomic mass is 9.85. The minimum absolute atomic E-state index is 0. The molecular formula is C22H37ClN2O3. The van der Waals surface area contributed by atoms with Crippen molar-refractivity contribution in [3.63, 3.8) is 0 Å². The molecular weight excluding hydrogens is 376 g/mol. The summed E-state index contributed by atoms with van der Waals surface area (Å²) < 4.78 is 11.3. The molecule has 3 unspecified atom stereocenters. The molecule has 1 heterocycles. The van der Waals surface area contributed by atoms with Crippen molar-refractivity contribution in [2.75, 3.05) is 26.8 Å². The van der Waals surface area contributed by atoms with Crippen LogP contribution in [-0.4, -0.2) is 32.7 Å². The number of hydrogen-bond donors (Lipinski definition) is 2. The Labute approximate surface area is 176 Å². The molecule has 1 amide bonds. The van der Waals surface area contributed by atoms with E-state index in [-0.39, 0.29) is 24.4 Å². The van der Waals surface area contributed by atoms with E-state index in [1.165, 1.54) is 12.8 Å². The monoisotopic (exact) mass is 412 g/mol. The van der Waals surface area contributed by atoms with Crippen LogP contribution < -0.4 is 20.1 Å². The molecule has 0 aliphatic carbocycles. The van der Waals surface area contributed by atoms with Gasteiger partial charge in [0.25, 0.3) is 0 Å². The predicted octanol–water partition coefficient (Wildman–Crippen LogP) is 4.35. The van der Waals surface area contributed by atoms with Crippen molar-refractivity contribution in [2.45, 2.75) is 53.0 Å². The molecule has 0 radical (unpaired) electrons. The van der Waals surface area contributed by atoms with Crippen LogP contribution in [0.2, 0.25) is 0 Å². The maximum Gasteiger partial charge on any atom is 0.220 e. The fraction of sp³-hybridized carbons (Fsp3) is 0.682. The lowest BCUT2D eigenvalue weighted by Crippen LogP contribution is -2.36. The van der Waals surface area contributed by atoms with E-state index in [1.807, 2.05) is 25.1 Å². The molecule has 160 valence electrons. The smallest absolute Gasteiger partial charge is 0.220 e. The molecule has 2 rings (SSSR count). The molecule has 6 heteroatoms. The Hall–Kier alpha value is -1.46. The van der Waals surface area contributed by atoms with Crippen LogP contribution in [0.15, 0.2) is 18.2 Å². The number of rotatable bonds is 9. The number of carbonyl (C=O) groups excluding carboxylic acids is 1. The third-order valence-electron chi connectivity index (χ3n) is 5.28. The van der Waals surface area contributed by atoms with Gasteiger partial charge in [-0.05, 0) is 68.3 Å². The van der Waals surface area contributed by atoms with E-state index in [1.54, 1.807) is 7.11 Å². The zero-order valence-corrected chi connectivity index (χ0v) is 18.7. The Balaban J connectivity index is 0.00000392. The number of halogens is 1. The Morgan fingerprint density at radius 2 is 2.00 bits per heavy atom. The first-order valence-electron chi connectivity index (χ1n) is 10.2. The van der Waals surface area contributed by atoms with Crippen LogP contribution >= 0.6 is 12.4 Å². The van der Waals surface area contributed by atoms with Gasteiger partial charge in [-0.3, -0.25) is 4.79 Å². The van der Waals surface area contributed by atoms with Crippen LogP contribution in [0.5, 0.6) is 11.5 Å². The lowest BCUT2D eigenvalue weighted by molar-refractivity contribution is -0.123. The fourth-order valence-electron chi connectivity index (χ4n) is 3.54. The van der Waals surface area contributed by atoms with Crippen molar-refractivity contribution in [1.82, 2.24) is 10.6 Å². The van der Waals surface area contributed by atoms with E-state index in [4.69, 9.17) is 9.47 Å². The molecule has 28 heavy (non-hydrogen) atoms. The molecule has 1 aromatic carbocycles. The Morgan fingerprint density at radius 1 is 1.25 bits per heavy atom. The molecule has 1 aliphatic heterocycles. The van der Waals surface area contributed by atoms with E-state index in [0.717, 1.165) is 24.4 Å². The topological polar surface area (TPSA) is 59.6 Å². The summed E-state index contributed by atoms with van der Waals surface area (Å²) in [6.07, 6.45) is 2.99. The highest BCUT2D eigenvalue weighted by Gasteiger charge is 2.23. The van der Waals surface area contributed by atoms with Gasteiger partial charge in [-0.1, -0.05) is 26.8 Å². The molecule has 1 aromatic rings. The van der Waals surface area contributed by atoms with E-state index in [2.05, 4.69) is 31.4 Å². The number of nitrogens with one attached hydrogen (secondary N) is 2. The summed E-state index contributed by atoms with van der Waals surface area (Å²) in [5, 5.41) is 6.56. The molecule has 5 nitrogen and oxygen atoms in total. The molecule has 1 aliphatic rings. The summed E-state index contributed by atoms with van der Waals surface area (Å²) in [6, 6.07) is 5.81. The SMILES string of the molecule is COc1cc(C(C)NC(=O)CC(C)C2CCCNC2)ccc1OCC(C)C.Cl. The summed E-state index contributed by atoms with van der Waals surface area (Å²) in [6.45, 7) is 11.2. The van der Waals surface area contributed by atoms with Gasteiger partial charge in [0.2, 0.25) is 5.91 Å². The zero-order chi connectivity index (χ0) is 19.8. The normalized spacial score (nSPS) is 18.7. The number of amides is 1. The number of ether oxygens (including phenoxy) is 2. The second kappa shape index (κ2) is 12.2. The summed E-state index contributed by atoms with van der Waals surface area (Å²) in [4.78, 5) is 12.5. The molecule has 1 fully saturated rings. The number of benzene rings is 1. The van der Waals surface area contributed by atoms with Gasteiger partial charge in [0, 0.05) is 6.42 Å². The second-order valence-electron chi connectivity index (χ2n) is 8.19. The van der Waals surface area contributed by atoms with Crippen molar-refractivity contribution in [3.8, 4) is 11.5 Å². The fourth-order valence-corrected chi connectivity index (χ4v) is 3.54. The minimum atomic E-state index is -0.0674. The average molecular weight is 413 g/mol. The van der Waals surface area contributed by atoms with Crippen molar-refractivity contribution in [3.05, 3.63) is 23.8 Å². The molecule has 2 N–H and O–H groups in total. The Bertz CT molecular complexity index is 603. The average Bonchev–Trinajstić information content (AvgIpc) is 2.66. The lowest BCUT2D eigenvalue weighted by Gasteiger charge is -2.28. The quantitative estimate of drug-likeness (QED) is 0.632.